The van der Waals surface area contributed by atoms with E-state index in [1.807, 2.05) is 30.3 Å². The molecule has 1 unspecified atom stereocenters. The van der Waals surface area contributed by atoms with E-state index in [0.29, 0.717) is 6.61 Å². The third-order valence-corrected chi connectivity index (χ3v) is 1.68. The molecule has 4 heteroatoms. The second-order valence-electron chi connectivity index (χ2n) is 2.87. The van der Waals surface area contributed by atoms with Crippen LogP contribution in [0.3, 0.4) is 0 Å². The first-order valence-corrected chi connectivity index (χ1v) is 4.74. The Labute approximate surface area is 110 Å². The summed E-state index contributed by atoms with van der Waals surface area (Å²) in [6.07, 6.45) is 2.75. The minimum atomic E-state index is -0.745. The van der Waals surface area contributed by atoms with Gasteiger partial charge in [-0.25, -0.2) is 0 Å². The molecule has 3 nitrogen and oxygen atoms in total. The van der Waals surface area contributed by atoms with Gasteiger partial charge in [-0.3, -0.25) is 4.79 Å². The minimum absolute atomic E-state index is 0. The van der Waals surface area contributed by atoms with Crippen LogP contribution in [0.25, 0.3) is 0 Å². The summed E-state index contributed by atoms with van der Waals surface area (Å²) in [5.74, 6) is -0.430. The molecular weight excluding hydrogens is 374 g/mol. The molecule has 0 aliphatic carbocycles. The maximum absolute atomic E-state index is 11.1. The molecule has 0 aliphatic heterocycles. The predicted molar refractivity (Wildman–Crippen MR) is 58.8 cm³/mol. The van der Waals surface area contributed by atoms with Crippen LogP contribution in [0.4, 0.5) is 0 Å². The van der Waals surface area contributed by atoms with E-state index in [1.165, 1.54) is 0 Å². The Morgan fingerprint density at radius 1 is 1.50 bits per heavy atom. The van der Waals surface area contributed by atoms with Crippen molar-refractivity contribution in [3.8, 4) is 0 Å². The number of benzene rings is 1. The normalized spacial score (nSPS) is 11.9. The molecule has 1 atom stereocenters. The fraction of sp³-hybridized carbons (Fsp3) is 0.250. The van der Waals surface area contributed by atoms with Crippen molar-refractivity contribution >= 4 is 12.2 Å². The van der Waals surface area contributed by atoms with Gasteiger partial charge in [-0.15, -0.1) is 12.1 Å². The summed E-state index contributed by atoms with van der Waals surface area (Å²) >= 11 is 0. The first-order chi connectivity index (χ1) is 7.24. The summed E-state index contributed by atoms with van der Waals surface area (Å²) in [5, 5.41) is 0. The van der Waals surface area contributed by atoms with Gasteiger partial charge in [-0.1, -0.05) is 12.3 Å². The van der Waals surface area contributed by atoms with E-state index in [1.54, 1.807) is 6.92 Å². The fourth-order valence-corrected chi connectivity index (χ4v) is 0.956. The summed E-state index contributed by atoms with van der Waals surface area (Å²) in [4.78, 5) is 15.0. The quantitative estimate of drug-likeness (QED) is 0.449. The van der Waals surface area contributed by atoms with Crippen molar-refractivity contribution < 1.29 is 30.6 Å². The number of carbonyl (C=O) groups excluding carboxylic acids is 1. The number of esters is 1. The zero-order chi connectivity index (χ0) is 11.1. The molecule has 84 valence electrons. The van der Waals surface area contributed by atoms with Crippen LogP contribution in [0.15, 0.2) is 35.3 Å². The number of hydrogen-bond acceptors (Lipinski definition) is 3. The summed E-state index contributed by atoms with van der Waals surface area (Å²) < 4.78 is 4.76. The van der Waals surface area contributed by atoms with Crippen LogP contribution in [-0.4, -0.2) is 24.8 Å². The van der Waals surface area contributed by atoms with Crippen LogP contribution in [0.1, 0.15) is 12.5 Å². The first kappa shape index (κ1) is 15.0. The van der Waals surface area contributed by atoms with E-state index < -0.39 is 12.0 Å². The molecule has 0 saturated heterocycles. The summed E-state index contributed by atoms with van der Waals surface area (Å²) in [6, 6.07) is 8.60. The number of rotatable bonds is 4. The Bertz CT molecular complexity index is 338. The molecule has 1 aromatic carbocycles. The number of aliphatic imine (C=N–C) groups is 1. The fourth-order valence-electron chi connectivity index (χ4n) is 0.956. The Morgan fingerprint density at radius 3 is 2.69 bits per heavy atom. The Kier molecular flexibility index (Phi) is 7.74. The minimum Gasteiger partial charge on any atom is -0.466 e. The topological polar surface area (TPSA) is 38.7 Å². The van der Waals surface area contributed by atoms with Gasteiger partial charge >= 0.3 is 21.1 Å². The van der Waals surface area contributed by atoms with Crippen LogP contribution in [0.2, 0.25) is 0 Å². The maximum Gasteiger partial charge on any atom is 2.00 e. The second kappa shape index (κ2) is 8.23. The van der Waals surface area contributed by atoms with Crippen molar-refractivity contribution in [1.29, 1.82) is 0 Å². The van der Waals surface area contributed by atoms with Crippen molar-refractivity contribution in [3.63, 3.8) is 0 Å². The van der Waals surface area contributed by atoms with Crippen LogP contribution < -0.4 is 0 Å². The van der Waals surface area contributed by atoms with E-state index in [2.05, 4.69) is 18.1 Å². The number of hydrogen-bond donors (Lipinski definition) is 0. The Hall–Kier alpha value is -0.952. The predicted octanol–water partition coefficient (Wildman–Crippen LogP) is 1.75. The SMILES string of the molecule is [CH2-]C(N=[C-]c1ccccc1)C(=O)OCC.[W+2]. The van der Waals surface area contributed by atoms with Crippen LogP contribution in [0, 0.1) is 6.92 Å². The monoisotopic (exact) mass is 387 g/mol. The molecule has 0 fully saturated rings. The number of carbonyl (C=O) groups is 1. The number of ether oxygens (including phenoxy) is 1. The average Bonchev–Trinajstić information content (AvgIpc) is 2.27. The molecule has 0 amide bonds. The number of nitrogens with zero attached hydrogens (tertiary/aromatic N) is 1. The molecular formula is C12H13NO2W. The summed E-state index contributed by atoms with van der Waals surface area (Å²) in [5.41, 5.74) is 0.815. The molecule has 1 aromatic rings. The zero-order valence-corrected chi connectivity index (χ0v) is 12.0. The van der Waals surface area contributed by atoms with Gasteiger partial charge in [-0.05, 0) is 6.92 Å². The second-order valence-corrected chi connectivity index (χ2v) is 2.87. The van der Waals surface area contributed by atoms with Crippen LogP contribution in [0.5, 0.6) is 0 Å². The first-order valence-electron chi connectivity index (χ1n) is 4.74. The van der Waals surface area contributed by atoms with Gasteiger partial charge in [0.25, 0.3) is 5.97 Å². The van der Waals surface area contributed by atoms with Crippen molar-refractivity contribution in [2.24, 2.45) is 4.99 Å². The molecule has 0 saturated carbocycles. The van der Waals surface area contributed by atoms with E-state index in [-0.39, 0.29) is 21.1 Å². The van der Waals surface area contributed by atoms with Crippen molar-refractivity contribution in [2.75, 3.05) is 6.61 Å². The standard InChI is InChI=1S/C12H13NO2.W/c1-3-15-12(14)10(2)13-9-11-7-5-4-6-8-11;/h4-8,10H,2-3H2,1H3;/q-2;+2. The Balaban J connectivity index is 0.00000225. The molecule has 16 heavy (non-hydrogen) atoms. The van der Waals surface area contributed by atoms with Gasteiger partial charge < -0.3 is 16.7 Å². The van der Waals surface area contributed by atoms with Gasteiger partial charge in [0.05, 0.1) is 6.61 Å². The molecule has 0 aromatic heterocycles. The van der Waals surface area contributed by atoms with Crippen LogP contribution >= 0.6 is 0 Å². The molecule has 1 rings (SSSR count). The largest absolute Gasteiger partial charge is 2.00 e. The van der Waals surface area contributed by atoms with E-state index in [0.717, 1.165) is 5.56 Å². The third-order valence-electron chi connectivity index (χ3n) is 1.68. The summed E-state index contributed by atoms with van der Waals surface area (Å²) in [7, 11) is 0. The van der Waals surface area contributed by atoms with Gasteiger partial charge in [-0.2, -0.15) is 17.7 Å². The van der Waals surface area contributed by atoms with Gasteiger partial charge in [0.1, 0.15) is 0 Å². The van der Waals surface area contributed by atoms with E-state index in [9.17, 15) is 4.79 Å². The van der Waals surface area contributed by atoms with Crippen LogP contribution in [-0.2, 0) is 30.6 Å². The van der Waals surface area contributed by atoms with E-state index >= 15 is 0 Å². The molecule has 0 heterocycles. The molecule has 0 N–H and O–H groups in total. The Morgan fingerprint density at radius 2 is 2.12 bits per heavy atom. The third kappa shape index (κ3) is 5.22. The molecule has 0 spiro atoms. The van der Waals surface area contributed by atoms with Crippen molar-refractivity contribution in [2.45, 2.75) is 13.0 Å². The van der Waals surface area contributed by atoms with Gasteiger partial charge in [0.2, 0.25) is 0 Å². The van der Waals surface area contributed by atoms with Crippen molar-refractivity contribution in [3.05, 3.63) is 42.8 Å². The van der Waals surface area contributed by atoms with E-state index in [4.69, 9.17) is 4.74 Å². The van der Waals surface area contributed by atoms with Crippen molar-refractivity contribution in [1.82, 2.24) is 0 Å². The maximum atomic E-state index is 11.1. The summed E-state index contributed by atoms with van der Waals surface area (Å²) in [6.45, 7) is 5.65. The average molecular weight is 387 g/mol. The smallest absolute Gasteiger partial charge is 0.466 e. The zero-order valence-electron chi connectivity index (χ0n) is 9.05. The molecule has 0 bridgehead atoms. The van der Waals surface area contributed by atoms with Gasteiger partial charge in [0, 0.05) is 6.04 Å². The molecule has 0 radical (unpaired) electrons. The van der Waals surface area contributed by atoms with Gasteiger partial charge in [0.15, 0.2) is 0 Å². The molecule has 0 aliphatic rings.